The molecule has 0 aromatic heterocycles. The summed E-state index contributed by atoms with van der Waals surface area (Å²) in [6.07, 6.45) is 0.519. The van der Waals surface area contributed by atoms with Crippen molar-refractivity contribution in [2.24, 2.45) is 0 Å². The second-order valence-corrected chi connectivity index (χ2v) is 3.80. The van der Waals surface area contributed by atoms with E-state index in [2.05, 4.69) is 0 Å². The van der Waals surface area contributed by atoms with Crippen LogP contribution in [0.2, 0.25) is 0 Å². The molecule has 16 heavy (non-hydrogen) atoms. The van der Waals surface area contributed by atoms with Crippen LogP contribution >= 0.6 is 0 Å². The molecule has 0 bridgehead atoms. The highest BCUT2D eigenvalue weighted by atomic mass is 19.1. The highest BCUT2D eigenvalue weighted by molar-refractivity contribution is 5.94. The van der Waals surface area contributed by atoms with Gasteiger partial charge < -0.3 is 9.64 Å². The summed E-state index contributed by atoms with van der Waals surface area (Å²) >= 11 is 0. The highest BCUT2D eigenvalue weighted by Gasteiger charge is 2.26. The zero-order chi connectivity index (χ0) is 11.5. The molecule has 0 spiro atoms. The van der Waals surface area contributed by atoms with Crippen molar-refractivity contribution in [1.29, 1.82) is 0 Å². The Morgan fingerprint density at radius 1 is 1.50 bits per heavy atom. The van der Waals surface area contributed by atoms with Gasteiger partial charge in [-0.15, -0.1) is 0 Å². The van der Waals surface area contributed by atoms with Crippen molar-refractivity contribution < 1.29 is 13.9 Å². The van der Waals surface area contributed by atoms with Crippen molar-refractivity contribution in [3.05, 3.63) is 35.6 Å². The van der Waals surface area contributed by atoms with E-state index in [1.54, 1.807) is 24.0 Å². The maximum Gasteiger partial charge on any atom is 0.258 e. The topological polar surface area (TPSA) is 29.5 Å². The lowest BCUT2D eigenvalue weighted by Crippen LogP contribution is -2.45. The molecule has 0 saturated carbocycles. The summed E-state index contributed by atoms with van der Waals surface area (Å²) in [6, 6.07) is 6.02. The fraction of sp³-hybridized carbons (Fsp3) is 0.417. The third-order valence-electron chi connectivity index (χ3n) is 2.71. The maximum absolute atomic E-state index is 13.4. The molecule has 0 N–H and O–H groups in total. The third kappa shape index (κ3) is 2.07. The summed E-state index contributed by atoms with van der Waals surface area (Å²) in [4.78, 5) is 13.6. The Kier molecular flexibility index (Phi) is 3.19. The minimum Gasteiger partial charge on any atom is -0.359 e. The van der Waals surface area contributed by atoms with Gasteiger partial charge in [0.1, 0.15) is 12.0 Å². The van der Waals surface area contributed by atoms with Gasteiger partial charge in [0.2, 0.25) is 0 Å². The predicted molar refractivity (Wildman–Crippen MR) is 57.5 cm³/mol. The third-order valence-corrected chi connectivity index (χ3v) is 2.71. The van der Waals surface area contributed by atoms with E-state index in [9.17, 15) is 9.18 Å². The average molecular weight is 223 g/mol. The predicted octanol–water partition coefficient (Wildman–Crippen LogP) is 2.03. The molecule has 1 unspecified atom stereocenters. The van der Waals surface area contributed by atoms with E-state index in [-0.39, 0.29) is 17.7 Å². The average Bonchev–Trinajstić information content (AvgIpc) is 2.29. The minimum atomic E-state index is -0.481. The van der Waals surface area contributed by atoms with Gasteiger partial charge in [-0.2, -0.15) is 0 Å². The first-order chi connectivity index (χ1) is 7.70. The Labute approximate surface area is 93.8 Å². The molecule has 1 heterocycles. The molecular formula is C12H14FNO2. The second kappa shape index (κ2) is 4.61. The van der Waals surface area contributed by atoms with Crippen LogP contribution in [0.3, 0.4) is 0 Å². The van der Waals surface area contributed by atoms with Gasteiger partial charge in [-0.1, -0.05) is 12.1 Å². The fourth-order valence-electron chi connectivity index (χ4n) is 1.82. The number of carbonyl (C=O) groups is 1. The van der Waals surface area contributed by atoms with Crippen molar-refractivity contribution in [2.45, 2.75) is 19.6 Å². The second-order valence-electron chi connectivity index (χ2n) is 3.80. The molecule has 4 heteroatoms. The van der Waals surface area contributed by atoms with Crippen molar-refractivity contribution in [2.75, 3.05) is 13.2 Å². The molecule has 1 amide bonds. The quantitative estimate of drug-likeness (QED) is 0.729. The van der Waals surface area contributed by atoms with E-state index in [0.29, 0.717) is 13.2 Å². The number of benzene rings is 1. The summed E-state index contributed by atoms with van der Waals surface area (Å²) in [5, 5.41) is 0. The van der Waals surface area contributed by atoms with Crippen LogP contribution in [0.1, 0.15) is 23.7 Å². The Bertz CT molecular complexity index is 394. The summed E-state index contributed by atoms with van der Waals surface area (Å²) in [7, 11) is 0. The van der Waals surface area contributed by atoms with Gasteiger partial charge >= 0.3 is 0 Å². The van der Waals surface area contributed by atoms with E-state index >= 15 is 0 Å². The first-order valence-corrected chi connectivity index (χ1v) is 5.37. The summed E-state index contributed by atoms with van der Waals surface area (Å²) in [5.41, 5.74) is 0.111. The number of amides is 1. The molecule has 0 aliphatic carbocycles. The molecule has 86 valence electrons. The van der Waals surface area contributed by atoms with Crippen LogP contribution in [0.4, 0.5) is 4.39 Å². The number of hydrogen-bond donors (Lipinski definition) is 0. The van der Waals surface area contributed by atoms with E-state index < -0.39 is 5.82 Å². The minimum absolute atomic E-state index is 0.111. The van der Waals surface area contributed by atoms with Crippen molar-refractivity contribution in [1.82, 2.24) is 4.90 Å². The standard InChI is InChI=1S/C12H14FNO2/c1-9-14(7-4-8-16-9)12(15)10-5-2-3-6-11(10)13/h2-3,5-6,9H,4,7-8H2,1H3. The van der Waals surface area contributed by atoms with Gasteiger partial charge in [0.15, 0.2) is 0 Å². The molecule has 1 aliphatic rings. The molecule has 2 rings (SSSR count). The molecule has 1 saturated heterocycles. The normalized spacial score (nSPS) is 20.9. The van der Waals surface area contributed by atoms with Crippen LogP contribution in [-0.2, 0) is 4.74 Å². The number of nitrogens with zero attached hydrogens (tertiary/aromatic N) is 1. The van der Waals surface area contributed by atoms with Gasteiger partial charge in [0, 0.05) is 6.54 Å². The maximum atomic E-state index is 13.4. The molecule has 1 aromatic carbocycles. The molecule has 1 fully saturated rings. The molecule has 1 aliphatic heterocycles. The van der Waals surface area contributed by atoms with Crippen molar-refractivity contribution in [3.8, 4) is 0 Å². The van der Waals surface area contributed by atoms with Gasteiger partial charge in [0.25, 0.3) is 5.91 Å². The summed E-state index contributed by atoms with van der Waals surface area (Å²) in [6.45, 7) is 3.08. The van der Waals surface area contributed by atoms with Gasteiger partial charge in [-0.3, -0.25) is 4.79 Å². The zero-order valence-electron chi connectivity index (χ0n) is 9.15. The van der Waals surface area contributed by atoms with Crippen LogP contribution in [0.5, 0.6) is 0 Å². The number of hydrogen-bond acceptors (Lipinski definition) is 2. The number of halogens is 1. The van der Waals surface area contributed by atoms with E-state index in [4.69, 9.17) is 4.74 Å². The van der Waals surface area contributed by atoms with Crippen LogP contribution in [-0.4, -0.2) is 30.2 Å². The largest absolute Gasteiger partial charge is 0.359 e. The number of ether oxygens (including phenoxy) is 1. The Balaban J connectivity index is 2.21. The lowest BCUT2D eigenvalue weighted by molar-refractivity contribution is -0.0662. The molecule has 3 nitrogen and oxygen atoms in total. The lowest BCUT2D eigenvalue weighted by Gasteiger charge is -2.33. The molecule has 0 radical (unpaired) electrons. The molecule has 1 aromatic rings. The first kappa shape index (κ1) is 11.1. The first-order valence-electron chi connectivity index (χ1n) is 5.37. The Morgan fingerprint density at radius 2 is 2.25 bits per heavy atom. The monoisotopic (exact) mass is 223 g/mol. The Morgan fingerprint density at radius 3 is 2.94 bits per heavy atom. The van der Waals surface area contributed by atoms with Crippen LogP contribution in [0.25, 0.3) is 0 Å². The lowest BCUT2D eigenvalue weighted by atomic mass is 10.1. The van der Waals surface area contributed by atoms with E-state index in [1.165, 1.54) is 12.1 Å². The summed E-state index contributed by atoms with van der Waals surface area (Å²) in [5.74, 6) is -0.782. The van der Waals surface area contributed by atoms with E-state index in [0.717, 1.165) is 6.42 Å². The van der Waals surface area contributed by atoms with Crippen LogP contribution in [0.15, 0.2) is 24.3 Å². The molecular weight excluding hydrogens is 209 g/mol. The number of rotatable bonds is 1. The van der Waals surface area contributed by atoms with Crippen LogP contribution < -0.4 is 0 Å². The van der Waals surface area contributed by atoms with Gasteiger partial charge in [0.05, 0.1) is 12.2 Å². The van der Waals surface area contributed by atoms with Crippen LogP contribution in [0, 0.1) is 5.82 Å². The SMILES string of the molecule is CC1OCCCN1C(=O)c1ccccc1F. The Hall–Kier alpha value is -1.42. The highest BCUT2D eigenvalue weighted by Crippen LogP contribution is 2.16. The smallest absolute Gasteiger partial charge is 0.258 e. The fourth-order valence-corrected chi connectivity index (χ4v) is 1.82. The van der Waals surface area contributed by atoms with E-state index in [1.807, 2.05) is 0 Å². The number of carbonyl (C=O) groups excluding carboxylic acids is 1. The summed E-state index contributed by atoms with van der Waals surface area (Å²) < 4.78 is 18.8. The van der Waals surface area contributed by atoms with Gasteiger partial charge in [-0.25, -0.2) is 4.39 Å². The van der Waals surface area contributed by atoms with Gasteiger partial charge in [-0.05, 0) is 25.5 Å². The van der Waals surface area contributed by atoms with Crippen molar-refractivity contribution >= 4 is 5.91 Å². The molecule has 1 atom stereocenters. The zero-order valence-corrected chi connectivity index (χ0v) is 9.15. The van der Waals surface area contributed by atoms with Crippen molar-refractivity contribution in [3.63, 3.8) is 0 Å².